The lowest BCUT2D eigenvalue weighted by Gasteiger charge is -2.31. The van der Waals surface area contributed by atoms with Gasteiger partial charge in [0.2, 0.25) is 0 Å². The number of aliphatic carboxylic acids is 1. The maximum Gasteiger partial charge on any atom is 0.305 e. The number of nitrogens with zero attached hydrogens (tertiary/aromatic N) is 1. The normalized spacial score (nSPS) is 11.3. The predicted molar refractivity (Wildman–Crippen MR) is 71.9 cm³/mol. The molecule has 1 aromatic rings. The number of hydrogen-bond donors (Lipinski definition) is 2. The van der Waals surface area contributed by atoms with Crippen molar-refractivity contribution in [3.63, 3.8) is 0 Å². The molecule has 18 heavy (non-hydrogen) atoms. The van der Waals surface area contributed by atoms with E-state index in [0.717, 1.165) is 11.3 Å². The van der Waals surface area contributed by atoms with Crippen LogP contribution in [0.15, 0.2) is 24.3 Å². The summed E-state index contributed by atoms with van der Waals surface area (Å²) in [4.78, 5) is 12.6. The molecule has 0 saturated heterocycles. The Morgan fingerprint density at radius 2 is 1.94 bits per heavy atom. The van der Waals surface area contributed by atoms with Crippen molar-refractivity contribution in [2.45, 2.75) is 32.8 Å². The van der Waals surface area contributed by atoms with E-state index < -0.39 is 11.6 Å². The summed E-state index contributed by atoms with van der Waals surface area (Å²) in [6.45, 7) is 6.22. The van der Waals surface area contributed by atoms with Gasteiger partial charge in [-0.1, -0.05) is 18.2 Å². The molecular weight excluding hydrogens is 230 g/mol. The third-order valence-corrected chi connectivity index (χ3v) is 2.63. The fourth-order valence-electron chi connectivity index (χ4n) is 1.90. The summed E-state index contributed by atoms with van der Waals surface area (Å²) in [5.74, 6) is -0.829. The molecule has 0 atom stereocenters. The molecule has 0 heterocycles. The molecular formula is C14H21NO3. The first-order chi connectivity index (χ1) is 8.29. The van der Waals surface area contributed by atoms with Crippen molar-refractivity contribution in [3.05, 3.63) is 29.8 Å². The maximum atomic E-state index is 10.7. The van der Waals surface area contributed by atoms with Crippen molar-refractivity contribution in [2.75, 3.05) is 18.0 Å². The van der Waals surface area contributed by atoms with Crippen molar-refractivity contribution in [2.24, 2.45) is 0 Å². The van der Waals surface area contributed by atoms with Crippen LogP contribution < -0.4 is 4.90 Å². The van der Waals surface area contributed by atoms with E-state index in [-0.39, 0.29) is 6.42 Å². The van der Waals surface area contributed by atoms with Gasteiger partial charge in [-0.2, -0.15) is 0 Å². The van der Waals surface area contributed by atoms with Crippen LogP contribution in [0.25, 0.3) is 0 Å². The number of carbonyl (C=O) groups is 1. The lowest BCUT2D eigenvalue weighted by atomic mass is 10.1. The molecule has 0 aliphatic heterocycles. The largest absolute Gasteiger partial charge is 0.481 e. The molecule has 0 spiro atoms. The SMILES string of the molecule is Cc1ccccc1N(CCC(=O)O)CC(C)(C)O. The van der Waals surface area contributed by atoms with Crippen LogP contribution in [0, 0.1) is 6.92 Å². The molecule has 0 amide bonds. The van der Waals surface area contributed by atoms with Crippen LogP contribution in [-0.4, -0.2) is 34.9 Å². The smallest absolute Gasteiger partial charge is 0.305 e. The van der Waals surface area contributed by atoms with Gasteiger partial charge in [-0.3, -0.25) is 4.79 Å². The molecule has 0 unspecified atom stereocenters. The molecule has 0 aliphatic carbocycles. The summed E-state index contributed by atoms with van der Waals surface area (Å²) in [6.07, 6.45) is 0.0599. The van der Waals surface area contributed by atoms with Crippen LogP contribution in [-0.2, 0) is 4.79 Å². The molecule has 0 aliphatic rings. The summed E-state index contributed by atoms with van der Waals surface area (Å²) in [7, 11) is 0. The zero-order valence-corrected chi connectivity index (χ0v) is 11.2. The number of para-hydroxylation sites is 1. The lowest BCUT2D eigenvalue weighted by molar-refractivity contribution is -0.136. The second-order valence-electron chi connectivity index (χ2n) is 5.16. The fourth-order valence-corrected chi connectivity index (χ4v) is 1.90. The van der Waals surface area contributed by atoms with E-state index in [1.165, 1.54) is 0 Å². The van der Waals surface area contributed by atoms with Crippen molar-refractivity contribution >= 4 is 11.7 Å². The predicted octanol–water partition coefficient (Wildman–Crippen LogP) is 2.05. The zero-order chi connectivity index (χ0) is 13.8. The Labute approximate surface area is 108 Å². The maximum absolute atomic E-state index is 10.7. The number of hydrogen-bond acceptors (Lipinski definition) is 3. The molecule has 0 radical (unpaired) electrons. The molecule has 1 aromatic carbocycles. The van der Waals surface area contributed by atoms with Crippen LogP contribution in [0.2, 0.25) is 0 Å². The Morgan fingerprint density at radius 1 is 1.33 bits per heavy atom. The lowest BCUT2D eigenvalue weighted by Crippen LogP contribution is -2.40. The van der Waals surface area contributed by atoms with E-state index in [4.69, 9.17) is 5.11 Å². The number of carboxylic acid groups (broad SMARTS) is 1. The van der Waals surface area contributed by atoms with Gasteiger partial charge in [0.05, 0.1) is 12.0 Å². The summed E-state index contributed by atoms with van der Waals surface area (Å²) in [5.41, 5.74) is 1.19. The van der Waals surface area contributed by atoms with E-state index in [2.05, 4.69) is 0 Å². The van der Waals surface area contributed by atoms with E-state index in [9.17, 15) is 9.90 Å². The number of anilines is 1. The Balaban J connectivity index is 2.89. The molecule has 2 N–H and O–H groups in total. The molecule has 0 fully saturated rings. The van der Waals surface area contributed by atoms with Crippen LogP contribution in [0.5, 0.6) is 0 Å². The molecule has 0 bridgehead atoms. The number of aryl methyl sites for hydroxylation is 1. The first kappa shape index (κ1) is 14.5. The topological polar surface area (TPSA) is 60.8 Å². The minimum absolute atomic E-state index is 0.0599. The molecule has 100 valence electrons. The summed E-state index contributed by atoms with van der Waals surface area (Å²) in [6, 6.07) is 7.79. The van der Waals surface area contributed by atoms with Gasteiger partial charge in [0.25, 0.3) is 0 Å². The van der Waals surface area contributed by atoms with Gasteiger partial charge in [0, 0.05) is 18.8 Å². The molecule has 1 rings (SSSR count). The van der Waals surface area contributed by atoms with Gasteiger partial charge in [0.1, 0.15) is 0 Å². The summed E-state index contributed by atoms with van der Waals surface area (Å²) in [5, 5.41) is 18.7. The van der Waals surface area contributed by atoms with Crippen LogP contribution in [0.1, 0.15) is 25.8 Å². The molecule has 0 aromatic heterocycles. The van der Waals surface area contributed by atoms with E-state index >= 15 is 0 Å². The highest BCUT2D eigenvalue weighted by Crippen LogP contribution is 2.21. The first-order valence-corrected chi connectivity index (χ1v) is 6.04. The third-order valence-electron chi connectivity index (χ3n) is 2.63. The summed E-state index contributed by atoms with van der Waals surface area (Å²) >= 11 is 0. The minimum Gasteiger partial charge on any atom is -0.481 e. The number of benzene rings is 1. The summed E-state index contributed by atoms with van der Waals surface area (Å²) < 4.78 is 0. The highest BCUT2D eigenvalue weighted by Gasteiger charge is 2.20. The Kier molecular flexibility index (Phi) is 4.73. The monoisotopic (exact) mass is 251 g/mol. The van der Waals surface area contributed by atoms with Gasteiger partial charge < -0.3 is 15.1 Å². The second kappa shape index (κ2) is 5.87. The minimum atomic E-state index is -0.860. The Hall–Kier alpha value is -1.55. The van der Waals surface area contributed by atoms with Gasteiger partial charge in [-0.05, 0) is 32.4 Å². The van der Waals surface area contributed by atoms with Crippen LogP contribution in [0.3, 0.4) is 0 Å². The average Bonchev–Trinajstić information content (AvgIpc) is 2.23. The molecule has 0 saturated carbocycles. The molecule has 4 heteroatoms. The zero-order valence-electron chi connectivity index (χ0n) is 11.2. The quantitative estimate of drug-likeness (QED) is 0.812. The van der Waals surface area contributed by atoms with Crippen molar-refractivity contribution in [3.8, 4) is 0 Å². The van der Waals surface area contributed by atoms with Gasteiger partial charge >= 0.3 is 5.97 Å². The van der Waals surface area contributed by atoms with Gasteiger partial charge in [0.15, 0.2) is 0 Å². The van der Waals surface area contributed by atoms with Crippen molar-refractivity contribution in [1.29, 1.82) is 0 Å². The Bertz CT molecular complexity index is 410. The van der Waals surface area contributed by atoms with Crippen molar-refractivity contribution in [1.82, 2.24) is 0 Å². The van der Waals surface area contributed by atoms with Crippen LogP contribution >= 0.6 is 0 Å². The highest BCUT2D eigenvalue weighted by molar-refractivity contribution is 5.68. The fraction of sp³-hybridized carbons (Fsp3) is 0.500. The second-order valence-corrected chi connectivity index (χ2v) is 5.16. The number of rotatable bonds is 6. The molecule has 4 nitrogen and oxygen atoms in total. The number of aliphatic hydroxyl groups is 1. The van der Waals surface area contributed by atoms with Crippen molar-refractivity contribution < 1.29 is 15.0 Å². The van der Waals surface area contributed by atoms with E-state index in [1.54, 1.807) is 13.8 Å². The van der Waals surface area contributed by atoms with E-state index in [0.29, 0.717) is 13.1 Å². The first-order valence-electron chi connectivity index (χ1n) is 6.04. The van der Waals surface area contributed by atoms with Gasteiger partial charge in [-0.15, -0.1) is 0 Å². The van der Waals surface area contributed by atoms with Gasteiger partial charge in [-0.25, -0.2) is 0 Å². The standard InChI is InChI=1S/C14H21NO3/c1-11-6-4-5-7-12(11)15(9-8-13(16)17)10-14(2,3)18/h4-7,18H,8-10H2,1-3H3,(H,16,17). The number of carboxylic acids is 1. The average molecular weight is 251 g/mol. The van der Waals surface area contributed by atoms with Crippen LogP contribution in [0.4, 0.5) is 5.69 Å². The third kappa shape index (κ3) is 4.75. The Morgan fingerprint density at radius 3 is 2.44 bits per heavy atom. The highest BCUT2D eigenvalue weighted by atomic mass is 16.4. The van der Waals surface area contributed by atoms with E-state index in [1.807, 2.05) is 36.1 Å².